The minimum Gasteiger partial charge on any atom is -0.465 e. The van der Waals surface area contributed by atoms with Gasteiger partial charge in [-0.3, -0.25) is 9.78 Å². The molecule has 0 aliphatic rings. The number of esters is 1. The van der Waals surface area contributed by atoms with Crippen LogP contribution in [0.25, 0.3) is 0 Å². The Bertz CT molecular complexity index is 351. The van der Waals surface area contributed by atoms with Gasteiger partial charge < -0.3 is 4.74 Å². The van der Waals surface area contributed by atoms with Crippen LogP contribution < -0.4 is 0 Å². The Kier molecular flexibility index (Phi) is 2.97. The highest BCUT2D eigenvalue weighted by Crippen LogP contribution is 2.17. The van der Waals surface area contributed by atoms with Crippen molar-refractivity contribution in [3.63, 3.8) is 0 Å². The number of rotatable bonds is 2. The molecule has 0 bridgehead atoms. The molecule has 0 aliphatic carbocycles. The van der Waals surface area contributed by atoms with Gasteiger partial charge in [0, 0.05) is 6.20 Å². The first-order valence-corrected chi connectivity index (χ1v) is 3.76. The van der Waals surface area contributed by atoms with E-state index < -0.39 is 5.97 Å². The lowest BCUT2D eigenvalue weighted by Crippen LogP contribution is -2.07. The third kappa shape index (κ3) is 1.84. The van der Waals surface area contributed by atoms with Crippen LogP contribution in [0.2, 0.25) is 5.02 Å². The average molecular weight is 200 g/mol. The predicted molar refractivity (Wildman–Crippen MR) is 46.0 cm³/mol. The molecule has 0 spiro atoms. The Balaban J connectivity index is 3.30. The van der Waals surface area contributed by atoms with E-state index in [9.17, 15) is 9.59 Å². The van der Waals surface area contributed by atoms with E-state index in [0.717, 1.165) is 0 Å². The topological polar surface area (TPSA) is 56.3 Å². The molecule has 1 rings (SSSR count). The number of ether oxygens (including phenoxy) is 1. The van der Waals surface area contributed by atoms with Crippen molar-refractivity contribution in [1.29, 1.82) is 0 Å². The third-order valence-corrected chi connectivity index (χ3v) is 1.75. The van der Waals surface area contributed by atoms with Crippen LogP contribution in [0.4, 0.5) is 0 Å². The van der Waals surface area contributed by atoms with Gasteiger partial charge in [0.2, 0.25) is 0 Å². The van der Waals surface area contributed by atoms with Crippen molar-refractivity contribution in [2.75, 3.05) is 7.11 Å². The summed E-state index contributed by atoms with van der Waals surface area (Å²) < 4.78 is 4.44. The zero-order valence-electron chi connectivity index (χ0n) is 6.78. The first-order chi connectivity index (χ1) is 6.20. The fraction of sp³-hybridized carbons (Fsp3) is 0.125. The fourth-order valence-corrected chi connectivity index (χ4v) is 1.08. The summed E-state index contributed by atoms with van der Waals surface area (Å²) in [5.74, 6) is -0.666. The minimum atomic E-state index is -0.666. The van der Waals surface area contributed by atoms with Gasteiger partial charge in [0.15, 0.2) is 6.29 Å². The third-order valence-electron chi connectivity index (χ3n) is 1.43. The largest absolute Gasteiger partial charge is 0.465 e. The Labute approximate surface area is 79.5 Å². The van der Waals surface area contributed by atoms with E-state index >= 15 is 0 Å². The second kappa shape index (κ2) is 4.00. The molecule has 1 aromatic rings. The van der Waals surface area contributed by atoms with Crippen LogP contribution in [0, 0.1) is 0 Å². The lowest BCUT2D eigenvalue weighted by Gasteiger charge is -2.02. The van der Waals surface area contributed by atoms with Crippen LogP contribution in [0.1, 0.15) is 20.8 Å². The van der Waals surface area contributed by atoms with Crippen LogP contribution in [-0.2, 0) is 4.74 Å². The molecule has 0 unspecified atom stereocenters. The van der Waals surface area contributed by atoms with Gasteiger partial charge in [-0.2, -0.15) is 0 Å². The number of halogens is 1. The van der Waals surface area contributed by atoms with Gasteiger partial charge in [0.25, 0.3) is 0 Å². The molecule has 0 saturated heterocycles. The highest BCUT2D eigenvalue weighted by molar-refractivity contribution is 6.34. The highest BCUT2D eigenvalue weighted by atomic mass is 35.5. The molecule has 0 amide bonds. The van der Waals surface area contributed by atoms with Gasteiger partial charge in [-0.25, -0.2) is 4.79 Å². The Morgan fingerprint density at radius 1 is 1.69 bits per heavy atom. The lowest BCUT2D eigenvalue weighted by atomic mass is 10.2. The van der Waals surface area contributed by atoms with Crippen molar-refractivity contribution in [1.82, 2.24) is 4.98 Å². The van der Waals surface area contributed by atoms with Crippen molar-refractivity contribution in [2.45, 2.75) is 0 Å². The number of hydrogen-bond donors (Lipinski definition) is 0. The highest BCUT2D eigenvalue weighted by Gasteiger charge is 2.16. The molecule has 0 atom stereocenters. The van der Waals surface area contributed by atoms with E-state index in [1.807, 2.05) is 0 Å². The molecular formula is C8H6ClNO3. The molecule has 0 aromatic carbocycles. The number of methoxy groups -OCH3 is 1. The van der Waals surface area contributed by atoms with Crippen LogP contribution in [0.3, 0.4) is 0 Å². The number of hydrogen-bond acceptors (Lipinski definition) is 4. The molecule has 0 N–H and O–H groups in total. The van der Waals surface area contributed by atoms with Gasteiger partial charge in [-0.15, -0.1) is 0 Å². The smallest absolute Gasteiger partial charge is 0.341 e. The normalized spacial score (nSPS) is 9.38. The molecule has 1 aromatic heterocycles. The molecule has 0 radical (unpaired) electrons. The Morgan fingerprint density at radius 2 is 2.38 bits per heavy atom. The zero-order valence-corrected chi connectivity index (χ0v) is 7.54. The Hall–Kier alpha value is -1.42. The van der Waals surface area contributed by atoms with E-state index in [1.165, 1.54) is 19.4 Å². The van der Waals surface area contributed by atoms with Gasteiger partial charge in [0.1, 0.15) is 11.3 Å². The van der Waals surface area contributed by atoms with Gasteiger partial charge >= 0.3 is 5.97 Å². The number of carbonyl (C=O) groups excluding carboxylic acids is 2. The van der Waals surface area contributed by atoms with Crippen LogP contribution >= 0.6 is 11.6 Å². The fourth-order valence-electron chi connectivity index (χ4n) is 0.847. The molecular weight excluding hydrogens is 194 g/mol. The second-order valence-electron chi connectivity index (χ2n) is 2.16. The molecule has 0 aliphatic heterocycles. The van der Waals surface area contributed by atoms with E-state index in [2.05, 4.69) is 9.72 Å². The molecule has 5 heteroatoms. The van der Waals surface area contributed by atoms with Crippen LogP contribution in [-0.4, -0.2) is 24.3 Å². The summed E-state index contributed by atoms with van der Waals surface area (Å²) in [4.78, 5) is 25.3. The summed E-state index contributed by atoms with van der Waals surface area (Å²) >= 11 is 5.68. The number of carbonyl (C=O) groups is 2. The molecule has 0 fully saturated rings. The van der Waals surface area contributed by atoms with E-state index in [4.69, 9.17) is 11.6 Å². The predicted octanol–water partition coefficient (Wildman–Crippen LogP) is 1.33. The monoisotopic (exact) mass is 199 g/mol. The average Bonchev–Trinajstić information content (AvgIpc) is 2.16. The van der Waals surface area contributed by atoms with E-state index in [-0.39, 0.29) is 16.3 Å². The van der Waals surface area contributed by atoms with Gasteiger partial charge in [0.05, 0.1) is 12.1 Å². The summed E-state index contributed by atoms with van der Waals surface area (Å²) in [6.07, 6.45) is 1.80. The van der Waals surface area contributed by atoms with Crippen LogP contribution in [0.15, 0.2) is 12.3 Å². The molecule has 4 nitrogen and oxygen atoms in total. The van der Waals surface area contributed by atoms with E-state index in [0.29, 0.717) is 6.29 Å². The molecule has 13 heavy (non-hydrogen) atoms. The maximum absolute atomic E-state index is 11.1. The summed E-state index contributed by atoms with van der Waals surface area (Å²) in [5.41, 5.74) is -0.0129. The van der Waals surface area contributed by atoms with Crippen molar-refractivity contribution in [2.24, 2.45) is 0 Å². The number of nitrogens with zero attached hydrogens (tertiary/aromatic N) is 1. The number of aldehydes is 1. The summed E-state index contributed by atoms with van der Waals surface area (Å²) in [5, 5.41) is 0.156. The van der Waals surface area contributed by atoms with E-state index in [1.54, 1.807) is 0 Å². The van der Waals surface area contributed by atoms with Crippen molar-refractivity contribution in [3.05, 3.63) is 28.5 Å². The minimum absolute atomic E-state index is 0.00154. The molecule has 0 saturated carbocycles. The molecule has 68 valence electrons. The Morgan fingerprint density at radius 3 is 2.92 bits per heavy atom. The quantitative estimate of drug-likeness (QED) is 0.533. The second-order valence-corrected chi connectivity index (χ2v) is 2.57. The first kappa shape index (κ1) is 9.67. The maximum Gasteiger partial charge on any atom is 0.341 e. The first-order valence-electron chi connectivity index (χ1n) is 3.38. The zero-order chi connectivity index (χ0) is 9.84. The molecule has 1 heterocycles. The summed E-state index contributed by atoms with van der Waals surface area (Å²) in [6.45, 7) is 0. The number of aromatic nitrogens is 1. The standard InChI is InChI=1S/C8H6ClNO3/c1-13-8(12)7-5(9)2-3-10-6(7)4-11/h2-4H,1H3. The van der Waals surface area contributed by atoms with Gasteiger partial charge in [-0.05, 0) is 6.07 Å². The van der Waals surface area contributed by atoms with Gasteiger partial charge in [-0.1, -0.05) is 11.6 Å². The van der Waals surface area contributed by atoms with Crippen LogP contribution in [0.5, 0.6) is 0 Å². The lowest BCUT2D eigenvalue weighted by molar-refractivity contribution is 0.0598. The summed E-state index contributed by atoms with van der Waals surface area (Å²) in [6, 6.07) is 1.42. The SMILES string of the molecule is COC(=O)c1c(Cl)ccnc1C=O. The van der Waals surface area contributed by atoms with Crippen molar-refractivity contribution in [3.8, 4) is 0 Å². The summed E-state index contributed by atoms with van der Waals surface area (Å²) in [7, 11) is 1.21. The van der Waals surface area contributed by atoms with Crippen molar-refractivity contribution >= 4 is 23.9 Å². The number of pyridine rings is 1. The maximum atomic E-state index is 11.1. The van der Waals surface area contributed by atoms with Crippen molar-refractivity contribution < 1.29 is 14.3 Å².